The van der Waals surface area contributed by atoms with Gasteiger partial charge in [-0.3, -0.25) is 14.5 Å². The molecule has 4 atom stereocenters. The van der Waals surface area contributed by atoms with Gasteiger partial charge in [0.15, 0.2) is 0 Å². The fraction of sp³-hybridized carbons (Fsp3) is 0.412. The van der Waals surface area contributed by atoms with E-state index in [0.29, 0.717) is 6.54 Å². The molecule has 1 aromatic rings. The first-order valence-electron chi connectivity index (χ1n) is 7.35. The minimum atomic E-state index is -0.106. The monoisotopic (exact) mass is 283 g/mol. The highest BCUT2D eigenvalue weighted by molar-refractivity contribution is 6.06. The highest BCUT2D eigenvalue weighted by Gasteiger charge is 2.59. The number of hydrogen-bond donors (Lipinski definition) is 0. The van der Waals surface area contributed by atoms with Gasteiger partial charge in [0.1, 0.15) is 5.75 Å². The maximum atomic E-state index is 12.6. The van der Waals surface area contributed by atoms with E-state index in [1.807, 2.05) is 24.3 Å². The lowest BCUT2D eigenvalue weighted by molar-refractivity contribution is -0.141. The van der Waals surface area contributed by atoms with Crippen molar-refractivity contribution in [2.75, 3.05) is 7.11 Å². The van der Waals surface area contributed by atoms with Gasteiger partial charge in [0, 0.05) is 0 Å². The molecule has 2 amide bonds. The molecule has 4 rings (SSSR count). The quantitative estimate of drug-likeness (QED) is 0.629. The molecular weight excluding hydrogens is 266 g/mol. The number of amides is 2. The zero-order valence-corrected chi connectivity index (χ0v) is 11.9. The number of methoxy groups -OCH3 is 1. The molecule has 108 valence electrons. The van der Waals surface area contributed by atoms with Crippen LogP contribution in [0.3, 0.4) is 0 Å². The van der Waals surface area contributed by atoms with Crippen LogP contribution < -0.4 is 4.74 Å². The Morgan fingerprint density at radius 2 is 1.62 bits per heavy atom. The smallest absolute Gasteiger partial charge is 0.234 e. The average molecular weight is 283 g/mol. The van der Waals surface area contributed by atoms with Gasteiger partial charge in [-0.25, -0.2) is 0 Å². The Morgan fingerprint density at radius 1 is 1.05 bits per heavy atom. The van der Waals surface area contributed by atoms with Crippen LogP contribution in [0.1, 0.15) is 12.0 Å². The average Bonchev–Trinajstić information content (AvgIpc) is 3.18. The van der Waals surface area contributed by atoms with Crippen LogP contribution in [0, 0.1) is 23.7 Å². The second-order valence-corrected chi connectivity index (χ2v) is 6.11. The Balaban J connectivity index is 1.56. The van der Waals surface area contributed by atoms with Crippen molar-refractivity contribution >= 4 is 11.8 Å². The van der Waals surface area contributed by atoms with Crippen molar-refractivity contribution in [3.05, 3.63) is 42.0 Å². The number of ether oxygens (including phenoxy) is 1. The summed E-state index contributed by atoms with van der Waals surface area (Å²) >= 11 is 0. The molecule has 1 saturated carbocycles. The molecular formula is C17H17NO3. The van der Waals surface area contributed by atoms with E-state index in [0.717, 1.165) is 17.7 Å². The lowest BCUT2D eigenvalue weighted by atomic mass is 9.85. The van der Waals surface area contributed by atoms with Gasteiger partial charge < -0.3 is 4.74 Å². The van der Waals surface area contributed by atoms with E-state index in [4.69, 9.17) is 4.74 Å². The number of imide groups is 1. The number of carbonyl (C=O) groups excluding carboxylic acids is 2. The standard InChI is InChI=1S/C17H17NO3/c1-21-13-6-2-10(3-7-13)9-18-16(19)14-11-4-5-12(8-11)15(14)17(18)20/h2-7,11-12,14-15H,8-9H2,1H3/t11-,12-,14+,15+/m1/s1. The second kappa shape index (κ2) is 4.45. The molecule has 3 aliphatic rings. The van der Waals surface area contributed by atoms with Crippen molar-refractivity contribution in [2.24, 2.45) is 23.7 Å². The van der Waals surface area contributed by atoms with E-state index in [2.05, 4.69) is 12.2 Å². The summed E-state index contributed by atoms with van der Waals surface area (Å²) in [7, 11) is 1.62. The highest BCUT2D eigenvalue weighted by atomic mass is 16.5. The van der Waals surface area contributed by atoms with Gasteiger partial charge >= 0.3 is 0 Å². The van der Waals surface area contributed by atoms with Crippen molar-refractivity contribution < 1.29 is 14.3 Å². The Hall–Kier alpha value is -2.10. The predicted molar refractivity (Wildman–Crippen MR) is 76.3 cm³/mol. The van der Waals surface area contributed by atoms with Crippen molar-refractivity contribution in [3.63, 3.8) is 0 Å². The third kappa shape index (κ3) is 1.75. The Morgan fingerprint density at radius 3 is 2.14 bits per heavy atom. The third-order valence-electron chi connectivity index (χ3n) is 5.06. The summed E-state index contributed by atoms with van der Waals surface area (Å²) in [5, 5.41) is 0. The summed E-state index contributed by atoms with van der Waals surface area (Å²) in [4.78, 5) is 26.6. The maximum absolute atomic E-state index is 12.6. The molecule has 21 heavy (non-hydrogen) atoms. The van der Waals surface area contributed by atoms with Gasteiger partial charge in [-0.1, -0.05) is 24.3 Å². The summed E-state index contributed by atoms with van der Waals surface area (Å²) in [6.07, 6.45) is 5.21. The molecule has 4 heteroatoms. The molecule has 1 aromatic carbocycles. The van der Waals surface area contributed by atoms with Crippen molar-refractivity contribution in [1.82, 2.24) is 4.90 Å². The Bertz CT molecular complexity index is 604. The fourth-order valence-electron chi connectivity index (χ4n) is 4.03. The van der Waals surface area contributed by atoms with E-state index >= 15 is 0 Å². The predicted octanol–water partition coefficient (Wildman–Crippen LogP) is 2.00. The maximum Gasteiger partial charge on any atom is 0.234 e. The van der Waals surface area contributed by atoms with E-state index < -0.39 is 0 Å². The number of benzene rings is 1. The summed E-state index contributed by atoms with van der Waals surface area (Å²) in [5.41, 5.74) is 0.956. The van der Waals surface area contributed by atoms with Crippen LogP contribution in [-0.4, -0.2) is 23.8 Å². The molecule has 0 radical (unpaired) electrons. The molecule has 1 heterocycles. The molecule has 1 aliphatic heterocycles. The minimum absolute atomic E-state index is 0.0117. The van der Waals surface area contributed by atoms with Gasteiger partial charge in [-0.05, 0) is 36.0 Å². The molecule has 2 bridgehead atoms. The number of rotatable bonds is 3. The zero-order chi connectivity index (χ0) is 14.6. The largest absolute Gasteiger partial charge is 0.497 e. The number of fused-ring (bicyclic) bond motifs is 5. The number of hydrogen-bond acceptors (Lipinski definition) is 3. The SMILES string of the molecule is COc1ccc(CN2C(=O)[C@@H]3[C@@H](C2=O)[C@@H]2C=C[C@@H]3C2)cc1. The fourth-order valence-corrected chi connectivity index (χ4v) is 4.03. The number of carbonyl (C=O) groups is 2. The summed E-state index contributed by atoms with van der Waals surface area (Å²) in [6, 6.07) is 7.51. The lowest BCUT2D eigenvalue weighted by Crippen LogP contribution is -2.32. The first-order chi connectivity index (χ1) is 10.2. The van der Waals surface area contributed by atoms with Crippen molar-refractivity contribution in [3.8, 4) is 5.75 Å². The zero-order valence-electron chi connectivity index (χ0n) is 11.9. The van der Waals surface area contributed by atoms with Crippen LogP contribution in [-0.2, 0) is 16.1 Å². The first-order valence-corrected chi connectivity index (χ1v) is 7.35. The Labute approximate surface area is 123 Å². The van der Waals surface area contributed by atoms with Gasteiger partial charge in [-0.2, -0.15) is 0 Å². The van der Waals surface area contributed by atoms with Gasteiger partial charge in [0.25, 0.3) is 0 Å². The third-order valence-corrected chi connectivity index (χ3v) is 5.06. The summed E-state index contributed by atoms with van der Waals surface area (Å²) in [6.45, 7) is 0.369. The molecule has 4 nitrogen and oxygen atoms in total. The van der Waals surface area contributed by atoms with E-state index in [9.17, 15) is 9.59 Å². The van der Waals surface area contributed by atoms with Gasteiger partial charge in [0.2, 0.25) is 11.8 Å². The van der Waals surface area contributed by atoms with Gasteiger partial charge in [0.05, 0.1) is 25.5 Å². The molecule has 2 fully saturated rings. The molecule has 0 unspecified atom stereocenters. The van der Waals surface area contributed by atoms with Crippen LogP contribution in [0.25, 0.3) is 0 Å². The molecule has 0 spiro atoms. The van der Waals surface area contributed by atoms with Crippen molar-refractivity contribution in [1.29, 1.82) is 0 Å². The summed E-state index contributed by atoms with van der Waals surface area (Å²) in [5.74, 6) is 1.14. The molecule has 1 saturated heterocycles. The van der Waals surface area contributed by atoms with Crippen LogP contribution in [0.5, 0.6) is 5.75 Å². The van der Waals surface area contributed by atoms with Crippen LogP contribution in [0.15, 0.2) is 36.4 Å². The second-order valence-electron chi connectivity index (χ2n) is 6.11. The van der Waals surface area contributed by atoms with E-state index in [-0.39, 0.29) is 35.5 Å². The normalized spacial score (nSPS) is 32.9. The summed E-state index contributed by atoms with van der Waals surface area (Å²) < 4.78 is 5.12. The Kier molecular flexibility index (Phi) is 2.67. The minimum Gasteiger partial charge on any atom is -0.497 e. The van der Waals surface area contributed by atoms with Crippen molar-refractivity contribution in [2.45, 2.75) is 13.0 Å². The topological polar surface area (TPSA) is 46.6 Å². The van der Waals surface area contributed by atoms with Crippen LogP contribution >= 0.6 is 0 Å². The van der Waals surface area contributed by atoms with E-state index in [1.165, 1.54) is 4.90 Å². The number of likely N-dealkylation sites (tertiary alicyclic amines) is 1. The number of allylic oxidation sites excluding steroid dienone is 2. The highest BCUT2D eigenvalue weighted by Crippen LogP contribution is 2.52. The van der Waals surface area contributed by atoms with Crippen LogP contribution in [0.4, 0.5) is 0 Å². The number of nitrogens with zero attached hydrogens (tertiary/aromatic N) is 1. The lowest BCUT2D eigenvalue weighted by Gasteiger charge is -2.17. The first kappa shape index (κ1) is 12.6. The molecule has 2 aliphatic carbocycles. The molecule has 0 N–H and O–H groups in total. The van der Waals surface area contributed by atoms with Gasteiger partial charge in [-0.15, -0.1) is 0 Å². The van der Waals surface area contributed by atoms with E-state index in [1.54, 1.807) is 7.11 Å². The molecule has 0 aromatic heterocycles. The van der Waals surface area contributed by atoms with Crippen LogP contribution in [0.2, 0.25) is 0 Å².